The molecule has 2 rings (SSSR count). The zero-order valence-electron chi connectivity index (χ0n) is 8.71. The number of hydrogen-bond acceptors (Lipinski definition) is 4. The van der Waals surface area contributed by atoms with Crippen molar-refractivity contribution in [3.05, 3.63) is 22.9 Å². The van der Waals surface area contributed by atoms with Crippen molar-refractivity contribution in [2.75, 3.05) is 0 Å². The molecule has 0 saturated carbocycles. The Morgan fingerprint density at radius 2 is 1.07 bits per heavy atom. The second kappa shape index (κ2) is 2.97. The summed E-state index contributed by atoms with van der Waals surface area (Å²) in [5.74, 6) is 1.61. The lowest BCUT2D eigenvalue weighted by molar-refractivity contribution is 0.392. The van der Waals surface area contributed by atoms with Gasteiger partial charge in [0.15, 0.2) is 0 Å². The Morgan fingerprint density at radius 1 is 0.714 bits per heavy atom. The summed E-state index contributed by atoms with van der Waals surface area (Å²) in [5.41, 5.74) is 3.75. The van der Waals surface area contributed by atoms with Gasteiger partial charge in [-0.2, -0.15) is 0 Å². The van der Waals surface area contributed by atoms with Crippen LogP contribution in [0.5, 0.6) is 0 Å². The van der Waals surface area contributed by atoms with E-state index < -0.39 is 0 Å². The predicted octanol–water partition coefficient (Wildman–Crippen LogP) is 2.56. The third-order valence-electron chi connectivity index (χ3n) is 2.32. The van der Waals surface area contributed by atoms with Crippen LogP contribution in [-0.2, 0) is 0 Å². The van der Waals surface area contributed by atoms with Gasteiger partial charge >= 0.3 is 0 Å². The Labute approximate surface area is 81.9 Å². The number of nitrogens with zero attached hydrogens (tertiary/aromatic N) is 2. The van der Waals surface area contributed by atoms with Crippen LogP contribution in [0.15, 0.2) is 9.05 Å². The van der Waals surface area contributed by atoms with Crippen molar-refractivity contribution in [1.29, 1.82) is 0 Å². The maximum Gasteiger partial charge on any atom is 0.141 e. The molecule has 2 aromatic heterocycles. The molecule has 2 heterocycles. The van der Waals surface area contributed by atoms with Crippen LogP contribution >= 0.6 is 0 Å². The molecular weight excluding hydrogens is 180 g/mol. The summed E-state index contributed by atoms with van der Waals surface area (Å²) >= 11 is 0. The fourth-order valence-corrected chi connectivity index (χ4v) is 1.68. The van der Waals surface area contributed by atoms with Crippen molar-refractivity contribution < 1.29 is 9.05 Å². The standard InChI is InChI=1S/C10H12N2O2/c1-5-9(7(3)13-11-5)10-6(2)12-14-8(10)4/h1-4H3. The van der Waals surface area contributed by atoms with Gasteiger partial charge in [0, 0.05) is 0 Å². The molecule has 0 aliphatic carbocycles. The van der Waals surface area contributed by atoms with Gasteiger partial charge in [0.2, 0.25) is 0 Å². The minimum atomic E-state index is 0.803. The first-order chi connectivity index (χ1) is 6.61. The van der Waals surface area contributed by atoms with Gasteiger partial charge in [0.25, 0.3) is 0 Å². The molecule has 74 valence electrons. The lowest BCUT2D eigenvalue weighted by Gasteiger charge is -1.97. The average Bonchev–Trinajstić information content (AvgIpc) is 2.60. The molecule has 0 amide bonds. The number of rotatable bonds is 1. The van der Waals surface area contributed by atoms with Crippen LogP contribution in [0.2, 0.25) is 0 Å². The molecule has 0 unspecified atom stereocenters. The molecule has 0 aliphatic rings. The monoisotopic (exact) mass is 192 g/mol. The second-order valence-corrected chi connectivity index (χ2v) is 3.40. The molecule has 2 aromatic rings. The Kier molecular flexibility index (Phi) is 1.91. The molecule has 4 heteroatoms. The van der Waals surface area contributed by atoms with E-state index >= 15 is 0 Å². The zero-order valence-corrected chi connectivity index (χ0v) is 8.71. The first kappa shape index (κ1) is 8.99. The van der Waals surface area contributed by atoms with Crippen molar-refractivity contribution in [1.82, 2.24) is 10.3 Å². The highest BCUT2D eigenvalue weighted by atomic mass is 16.5. The molecule has 0 saturated heterocycles. The maximum atomic E-state index is 5.11. The van der Waals surface area contributed by atoms with Gasteiger partial charge in [-0.25, -0.2) is 0 Å². The Balaban J connectivity index is 2.71. The highest BCUT2D eigenvalue weighted by Crippen LogP contribution is 2.31. The van der Waals surface area contributed by atoms with E-state index in [1.54, 1.807) is 0 Å². The van der Waals surface area contributed by atoms with E-state index in [-0.39, 0.29) is 0 Å². The lowest BCUT2D eigenvalue weighted by Crippen LogP contribution is -1.84. The molecule has 0 radical (unpaired) electrons. The molecule has 4 nitrogen and oxygen atoms in total. The van der Waals surface area contributed by atoms with Crippen LogP contribution < -0.4 is 0 Å². The summed E-state index contributed by atoms with van der Waals surface area (Å²) in [4.78, 5) is 0. The Hall–Kier alpha value is -1.58. The van der Waals surface area contributed by atoms with Crippen molar-refractivity contribution in [2.45, 2.75) is 27.7 Å². The van der Waals surface area contributed by atoms with Gasteiger partial charge in [-0.1, -0.05) is 10.3 Å². The molecule has 0 bridgehead atoms. The number of aromatic nitrogens is 2. The SMILES string of the molecule is Cc1noc(C)c1-c1c(C)noc1C. The van der Waals surface area contributed by atoms with Crippen LogP contribution in [0.3, 0.4) is 0 Å². The highest BCUT2D eigenvalue weighted by molar-refractivity contribution is 5.71. The highest BCUT2D eigenvalue weighted by Gasteiger charge is 2.19. The van der Waals surface area contributed by atoms with Crippen molar-refractivity contribution in [2.24, 2.45) is 0 Å². The van der Waals surface area contributed by atoms with Gasteiger partial charge in [0.1, 0.15) is 11.5 Å². The van der Waals surface area contributed by atoms with Crippen molar-refractivity contribution in [3.8, 4) is 11.1 Å². The molecule has 0 atom stereocenters. The van der Waals surface area contributed by atoms with E-state index in [9.17, 15) is 0 Å². The van der Waals surface area contributed by atoms with Crippen molar-refractivity contribution in [3.63, 3.8) is 0 Å². The van der Waals surface area contributed by atoms with E-state index in [1.807, 2.05) is 27.7 Å². The predicted molar refractivity (Wildman–Crippen MR) is 50.9 cm³/mol. The van der Waals surface area contributed by atoms with E-state index in [0.29, 0.717) is 0 Å². The van der Waals surface area contributed by atoms with E-state index in [0.717, 1.165) is 34.0 Å². The zero-order chi connectivity index (χ0) is 10.3. The van der Waals surface area contributed by atoms with Crippen LogP contribution in [0, 0.1) is 27.7 Å². The second-order valence-electron chi connectivity index (χ2n) is 3.40. The topological polar surface area (TPSA) is 52.1 Å². The molecule has 0 N–H and O–H groups in total. The quantitative estimate of drug-likeness (QED) is 0.696. The van der Waals surface area contributed by atoms with E-state index in [4.69, 9.17) is 9.05 Å². The summed E-state index contributed by atoms with van der Waals surface area (Å²) in [5, 5.41) is 7.82. The summed E-state index contributed by atoms with van der Waals surface area (Å²) in [6.07, 6.45) is 0. The smallest absolute Gasteiger partial charge is 0.141 e. The molecule has 0 fully saturated rings. The molecule has 0 aromatic carbocycles. The lowest BCUT2D eigenvalue weighted by atomic mass is 10.0. The van der Waals surface area contributed by atoms with Crippen LogP contribution in [0.1, 0.15) is 22.9 Å². The van der Waals surface area contributed by atoms with Crippen LogP contribution in [0.4, 0.5) is 0 Å². The first-order valence-corrected chi connectivity index (χ1v) is 4.47. The van der Waals surface area contributed by atoms with Crippen molar-refractivity contribution >= 4 is 0 Å². The molecular formula is C10H12N2O2. The fourth-order valence-electron chi connectivity index (χ4n) is 1.68. The number of hydrogen-bond donors (Lipinski definition) is 0. The van der Waals surface area contributed by atoms with Crippen LogP contribution in [0.25, 0.3) is 11.1 Å². The van der Waals surface area contributed by atoms with Gasteiger partial charge in [-0.15, -0.1) is 0 Å². The third kappa shape index (κ3) is 1.14. The Bertz CT molecular complexity index is 385. The summed E-state index contributed by atoms with van der Waals surface area (Å²) in [6.45, 7) is 7.61. The normalized spacial score (nSPS) is 10.9. The third-order valence-corrected chi connectivity index (χ3v) is 2.32. The van der Waals surface area contributed by atoms with E-state index in [2.05, 4.69) is 10.3 Å². The average molecular weight is 192 g/mol. The fraction of sp³-hybridized carbons (Fsp3) is 0.400. The van der Waals surface area contributed by atoms with Crippen LogP contribution in [-0.4, -0.2) is 10.3 Å². The van der Waals surface area contributed by atoms with E-state index in [1.165, 1.54) is 0 Å². The Morgan fingerprint density at radius 3 is 1.29 bits per heavy atom. The first-order valence-electron chi connectivity index (χ1n) is 4.47. The van der Waals surface area contributed by atoms with Gasteiger partial charge in [-0.3, -0.25) is 0 Å². The van der Waals surface area contributed by atoms with Gasteiger partial charge in [-0.05, 0) is 27.7 Å². The summed E-state index contributed by atoms with van der Waals surface area (Å²) in [7, 11) is 0. The largest absolute Gasteiger partial charge is 0.361 e. The summed E-state index contributed by atoms with van der Waals surface area (Å²) in [6, 6.07) is 0. The molecule has 0 spiro atoms. The maximum absolute atomic E-state index is 5.11. The van der Waals surface area contributed by atoms with Gasteiger partial charge in [0.05, 0.1) is 22.5 Å². The molecule has 0 aliphatic heterocycles. The van der Waals surface area contributed by atoms with Gasteiger partial charge < -0.3 is 9.05 Å². The number of aryl methyl sites for hydroxylation is 4. The minimum absolute atomic E-state index is 0.803. The summed E-state index contributed by atoms with van der Waals surface area (Å²) < 4.78 is 10.2. The molecule has 14 heavy (non-hydrogen) atoms. The minimum Gasteiger partial charge on any atom is -0.361 e.